The maximum atomic E-state index is 6.04. The Morgan fingerprint density at radius 1 is 1.10 bits per heavy atom. The second-order valence-electron chi connectivity index (χ2n) is 7.02. The highest BCUT2D eigenvalue weighted by Crippen LogP contribution is 2.33. The number of benzene rings is 2. The molecule has 7 heteroatoms. The maximum Gasteiger partial charge on any atom is 0.178 e. The number of ether oxygens (including phenoxy) is 2. The van der Waals surface area contributed by atoms with Gasteiger partial charge in [-0.3, -0.25) is 4.90 Å². The number of methoxy groups -OCH3 is 1. The number of aromatic nitrogens is 1. The first-order valence-corrected chi connectivity index (χ1v) is 10.4. The van der Waals surface area contributed by atoms with E-state index in [1.807, 2.05) is 41.8 Å². The van der Waals surface area contributed by atoms with Crippen molar-refractivity contribution in [3.05, 3.63) is 71.6 Å². The number of likely N-dealkylation sites (N-methyl/N-ethyl adjacent to an activating group) is 1. The van der Waals surface area contributed by atoms with E-state index in [1.54, 1.807) is 18.4 Å². The van der Waals surface area contributed by atoms with Gasteiger partial charge in [0.25, 0.3) is 0 Å². The van der Waals surface area contributed by atoms with Crippen LogP contribution in [0.3, 0.4) is 0 Å². The number of thiophene rings is 1. The molecule has 1 unspecified atom stereocenters. The SMILES string of the molecule is COC(COc1cccc(-c2noc3ccsc23)c1)CN(C)Cc1ccccc1.Cl. The second-order valence-corrected chi connectivity index (χ2v) is 7.94. The molecule has 0 bridgehead atoms. The highest BCUT2D eigenvalue weighted by atomic mass is 35.5. The average molecular weight is 445 g/mol. The van der Waals surface area contributed by atoms with E-state index in [0.717, 1.165) is 40.4 Å². The van der Waals surface area contributed by atoms with Crippen LogP contribution in [-0.2, 0) is 11.3 Å². The summed E-state index contributed by atoms with van der Waals surface area (Å²) in [6.07, 6.45) is -0.0246. The third-order valence-corrected chi connectivity index (χ3v) is 5.67. The Morgan fingerprint density at radius 3 is 2.73 bits per heavy atom. The molecule has 0 amide bonds. The molecule has 0 N–H and O–H groups in total. The van der Waals surface area contributed by atoms with E-state index in [4.69, 9.17) is 14.0 Å². The standard InChI is InChI=1S/C23H24N2O3S.ClH/c1-25(14-17-7-4-3-5-8-17)15-20(26-2)16-27-19-10-6-9-18(13-19)22-23-21(28-24-22)11-12-29-23;/h3-13,20H,14-16H2,1-2H3;1H. The van der Waals surface area contributed by atoms with Gasteiger partial charge in [-0.1, -0.05) is 47.6 Å². The lowest BCUT2D eigenvalue weighted by atomic mass is 10.1. The molecule has 4 aromatic rings. The first-order valence-electron chi connectivity index (χ1n) is 9.54. The lowest BCUT2D eigenvalue weighted by molar-refractivity contribution is 0.0336. The normalized spacial score (nSPS) is 12.1. The Hall–Kier alpha value is -2.38. The van der Waals surface area contributed by atoms with Crippen LogP contribution in [0, 0.1) is 0 Å². The Labute approximate surface area is 186 Å². The highest BCUT2D eigenvalue weighted by Gasteiger charge is 2.14. The summed E-state index contributed by atoms with van der Waals surface area (Å²) >= 11 is 1.63. The van der Waals surface area contributed by atoms with Crippen LogP contribution in [0.1, 0.15) is 5.56 Å². The van der Waals surface area contributed by atoms with E-state index in [0.29, 0.717) is 6.61 Å². The Kier molecular flexibility index (Phi) is 7.87. The molecule has 2 aromatic heterocycles. The van der Waals surface area contributed by atoms with Crippen molar-refractivity contribution in [3.63, 3.8) is 0 Å². The highest BCUT2D eigenvalue weighted by molar-refractivity contribution is 7.17. The van der Waals surface area contributed by atoms with Gasteiger partial charge in [-0.25, -0.2) is 0 Å². The van der Waals surface area contributed by atoms with Crippen LogP contribution < -0.4 is 4.74 Å². The number of hydrogen-bond donors (Lipinski definition) is 0. The van der Waals surface area contributed by atoms with Crippen molar-refractivity contribution in [2.24, 2.45) is 0 Å². The quantitative estimate of drug-likeness (QED) is 0.341. The minimum Gasteiger partial charge on any atom is -0.491 e. The minimum absolute atomic E-state index is 0. The predicted molar refractivity (Wildman–Crippen MR) is 124 cm³/mol. The number of halogens is 1. The molecular formula is C23H25ClN2O3S. The van der Waals surface area contributed by atoms with E-state index in [9.17, 15) is 0 Å². The van der Waals surface area contributed by atoms with Crippen molar-refractivity contribution in [1.29, 1.82) is 0 Å². The van der Waals surface area contributed by atoms with E-state index >= 15 is 0 Å². The molecule has 0 fully saturated rings. The summed E-state index contributed by atoms with van der Waals surface area (Å²) < 4.78 is 18.1. The summed E-state index contributed by atoms with van der Waals surface area (Å²) in [6.45, 7) is 2.13. The van der Waals surface area contributed by atoms with Crippen LogP contribution in [-0.4, -0.2) is 43.5 Å². The van der Waals surface area contributed by atoms with Gasteiger partial charge in [0.05, 0.1) is 0 Å². The topological polar surface area (TPSA) is 47.7 Å². The number of hydrogen-bond acceptors (Lipinski definition) is 6. The molecular weight excluding hydrogens is 420 g/mol. The first-order chi connectivity index (χ1) is 14.2. The molecule has 0 aliphatic carbocycles. The smallest absolute Gasteiger partial charge is 0.178 e. The van der Waals surface area contributed by atoms with Crippen LogP contribution in [0.25, 0.3) is 21.5 Å². The van der Waals surface area contributed by atoms with Crippen molar-refractivity contribution in [2.75, 3.05) is 27.3 Å². The fourth-order valence-corrected chi connectivity index (χ4v) is 4.10. The molecule has 1 atom stereocenters. The Balaban J connectivity index is 0.00000256. The van der Waals surface area contributed by atoms with Crippen LogP contribution in [0.4, 0.5) is 0 Å². The number of rotatable bonds is 9. The third-order valence-electron chi connectivity index (χ3n) is 4.77. The summed E-state index contributed by atoms with van der Waals surface area (Å²) in [5.74, 6) is 0.794. The molecule has 2 heterocycles. The molecule has 5 nitrogen and oxygen atoms in total. The van der Waals surface area contributed by atoms with Crippen molar-refractivity contribution in [2.45, 2.75) is 12.6 Å². The molecule has 158 valence electrons. The second kappa shape index (κ2) is 10.6. The van der Waals surface area contributed by atoms with Crippen molar-refractivity contribution in [1.82, 2.24) is 10.1 Å². The molecule has 0 saturated heterocycles. The van der Waals surface area contributed by atoms with Gasteiger partial charge < -0.3 is 14.0 Å². The maximum absolute atomic E-state index is 6.04. The first kappa shape index (κ1) is 22.3. The van der Waals surface area contributed by atoms with E-state index in [1.165, 1.54) is 5.56 Å². The minimum atomic E-state index is -0.0246. The van der Waals surface area contributed by atoms with Gasteiger partial charge in [-0.2, -0.15) is 0 Å². The van der Waals surface area contributed by atoms with Gasteiger partial charge in [0.2, 0.25) is 0 Å². The lowest BCUT2D eigenvalue weighted by Gasteiger charge is -2.23. The van der Waals surface area contributed by atoms with Gasteiger partial charge in [0.1, 0.15) is 28.9 Å². The monoisotopic (exact) mass is 444 g/mol. The Morgan fingerprint density at radius 2 is 1.93 bits per heavy atom. The fourth-order valence-electron chi connectivity index (χ4n) is 3.29. The van der Waals surface area contributed by atoms with Crippen molar-refractivity contribution < 1.29 is 14.0 Å². The van der Waals surface area contributed by atoms with Crippen molar-refractivity contribution in [3.8, 4) is 17.0 Å². The molecule has 0 saturated carbocycles. The molecule has 4 rings (SSSR count). The van der Waals surface area contributed by atoms with E-state index in [2.05, 4.69) is 41.4 Å². The molecule has 0 spiro atoms. The summed E-state index contributed by atoms with van der Waals surface area (Å²) in [7, 11) is 3.82. The largest absolute Gasteiger partial charge is 0.491 e. The van der Waals surface area contributed by atoms with E-state index < -0.39 is 0 Å². The van der Waals surface area contributed by atoms with Crippen LogP contribution in [0.15, 0.2) is 70.6 Å². The molecule has 2 aromatic carbocycles. The summed E-state index contributed by atoms with van der Waals surface area (Å²) in [5, 5.41) is 6.21. The molecule has 0 radical (unpaired) electrons. The zero-order valence-corrected chi connectivity index (χ0v) is 18.6. The summed E-state index contributed by atoms with van der Waals surface area (Å²) in [5.41, 5.74) is 3.94. The Bertz CT molecular complexity index is 1050. The number of nitrogens with zero attached hydrogens (tertiary/aromatic N) is 2. The number of fused-ring (bicyclic) bond motifs is 1. The summed E-state index contributed by atoms with van der Waals surface area (Å²) in [6, 6.07) is 20.3. The lowest BCUT2D eigenvalue weighted by Crippen LogP contribution is -2.34. The van der Waals surface area contributed by atoms with Crippen molar-refractivity contribution >= 4 is 34.0 Å². The average Bonchev–Trinajstić information content (AvgIpc) is 3.36. The van der Waals surface area contributed by atoms with Gasteiger partial charge in [-0.15, -0.1) is 23.7 Å². The predicted octanol–water partition coefficient (Wildman–Crippen LogP) is 5.50. The third kappa shape index (κ3) is 5.40. The molecule has 30 heavy (non-hydrogen) atoms. The van der Waals surface area contributed by atoms with Gasteiger partial charge in [0.15, 0.2) is 5.58 Å². The molecule has 0 aliphatic rings. The molecule has 0 aliphatic heterocycles. The van der Waals surface area contributed by atoms with Crippen LogP contribution in [0.5, 0.6) is 5.75 Å². The van der Waals surface area contributed by atoms with Crippen LogP contribution >= 0.6 is 23.7 Å². The summed E-state index contributed by atoms with van der Waals surface area (Å²) in [4.78, 5) is 2.24. The zero-order valence-electron chi connectivity index (χ0n) is 17.0. The van der Waals surface area contributed by atoms with Crippen LogP contribution in [0.2, 0.25) is 0 Å². The van der Waals surface area contributed by atoms with Gasteiger partial charge in [0, 0.05) is 25.8 Å². The fraction of sp³-hybridized carbons (Fsp3) is 0.261. The van der Waals surface area contributed by atoms with E-state index in [-0.39, 0.29) is 18.5 Å². The zero-order chi connectivity index (χ0) is 20.1. The van der Waals surface area contributed by atoms with Gasteiger partial charge >= 0.3 is 0 Å². The van der Waals surface area contributed by atoms with Gasteiger partial charge in [-0.05, 0) is 36.2 Å².